The average Bonchev–Trinajstić information content (AvgIpc) is 2.36. The SMILES string of the molecule is C[N+](C)(C)CCOC(=O)C1OCCc2ccccc21.[I-]. The van der Waals surface area contributed by atoms with Crippen LogP contribution in [0.4, 0.5) is 0 Å². The van der Waals surface area contributed by atoms with Gasteiger partial charge in [-0.25, -0.2) is 4.79 Å². The van der Waals surface area contributed by atoms with Crippen LogP contribution in [-0.4, -0.2) is 51.4 Å². The van der Waals surface area contributed by atoms with Crippen LogP contribution in [0, 0.1) is 0 Å². The number of quaternary nitrogens is 1. The van der Waals surface area contributed by atoms with E-state index < -0.39 is 6.10 Å². The molecule has 1 unspecified atom stereocenters. The molecule has 1 heterocycles. The normalized spacial score (nSPS) is 17.9. The van der Waals surface area contributed by atoms with Gasteiger partial charge in [0.05, 0.1) is 27.7 Å². The first-order valence-electron chi connectivity index (χ1n) is 6.64. The predicted octanol–water partition coefficient (Wildman–Crippen LogP) is -1.45. The van der Waals surface area contributed by atoms with Gasteiger partial charge in [0.2, 0.25) is 0 Å². The minimum atomic E-state index is -0.558. The Hall–Kier alpha value is -0.660. The van der Waals surface area contributed by atoms with Crippen LogP contribution < -0.4 is 24.0 Å². The maximum Gasteiger partial charge on any atom is 0.340 e. The third-order valence-corrected chi connectivity index (χ3v) is 3.21. The number of nitrogens with zero attached hydrogens (tertiary/aromatic N) is 1. The van der Waals surface area contributed by atoms with E-state index in [1.807, 2.05) is 24.3 Å². The van der Waals surface area contributed by atoms with E-state index in [0.717, 1.165) is 23.0 Å². The monoisotopic (exact) mass is 391 g/mol. The summed E-state index contributed by atoms with van der Waals surface area (Å²) in [6.45, 7) is 1.79. The van der Waals surface area contributed by atoms with Crippen molar-refractivity contribution in [2.75, 3.05) is 40.9 Å². The van der Waals surface area contributed by atoms with Crippen molar-refractivity contribution in [1.82, 2.24) is 0 Å². The Bertz CT molecular complexity index is 457. The van der Waals surface area contributed by atoms with Gasteiger partial charge in [0.25, 0.3) is 0 Å². The lowest BCUT2D eigenvalue weighted by Crippen LogP contribution is -3.00. The van der Waals surface area contributed by atoms with E-state index in [-0.39, 0.29) is 29.9 Å². The smallest absolute Gasteiger partial charge is 0.340 e. The summed E-state index contributed by atoms with van der Waals surface area (Å²) in [4.78, 5) is 12.1. The maximum atomic E-state index is 12.1. The van der Waals surface area contributed by atoms with Crippen molar-refractivity contribution in [2.24, 2.45) is 0 Å². The summed E-state index contributed by atoms with van der Waals surface area (Å²) in [6, 6.07) is 7.91. The minimum absolute atomic E-state index is 0. The number of ether oxygens (including phenoxy) is 2. The zero-order valence-electron chi connectivity index (χ0n) is 12.3. The molecule has 0 aliphatic carbocycles. The fraction of sp³-hybridized carbons (Fsp3) is 0.533. The Balaban J connectivity index is 0.00000200. The Labute approximate surface area is 137 Å². The molecule has 20 heavy (non-hydrogen) atoms. The molecule has 0 amide bonds. The zero-order chi connectivity index (χ0) is 13.9. The highest BCUT2D eigenvalue weighted by atomic mass is 127. The van der Waals surface area contributed by atoms with E-state index in [9.17, 15) is 4.79 Å². The van der Waals surface area contributed by atoms with Crippen LogP contribution in [0.5, 0.6) is 0 Å². The number of carbonyl (C=O) groups excluding carboxylic acids is 1. The van der Waals surface area contributed by atoms with Gasteiger partial charge in [-0.1, -0.05) is 24.3 Å². The molecule has 1 aliphatic heterocycles. The number of rotatable bonds is 4. The van der Waals surface area contributed by atoms with E-state index in [1.54, 1.807) is 0 Å². The van der Waals surface area contributed by atoms with E-state index >= 15 is 0 Å². The molecule has 0 bridgehead atoms. The molecule has 1 atom stereocenters. The predicted molar refractivity (Wildman–Crippen MR) is 72.7 cm³/mol. The fourth-order valence-corrected chi connectivity index (χ4v) is 2.08. The summed E-state index contributed by atoms with van der Waals surface area (Å²) >= 11 is 0. The molecule has 0 radical (unpaired) electrons. The number of hydrogen-bond donors (Lipinski definition) is 0. The lowest BCUT2D eigenvalue weighted by molar-refractivity contribution is -0.870. The molecule has 0 spiro atoms. The molecular weight excluding hydrogens is 369 g/mol. The Morgan fingerprint density at radius 3 is 2.75 bits per heavy atom. The van der Waals surface area contributed by atoms with Crippen LogP contribution >= 0.6 is 0 Å². The van der Waals surface area contributed by atoms with Crippen LogP contribution in [0.15, 0.2) is 24.3 Å². The van der Waals surface area contributed by atoms with Gasteiger partial charge in [-0.15, -0.1) is 0 Å². The molecule has 112 valence electrons. The lowest BCUT2D eigenvalue weighted by Gasteiger charge is -2.26. The summed E-state index contributed by atoms with van der Waals surface area (Å²) in [5, 5.41) is 0. The van der Waals surface area contributed by atoms with Gasteiger partial charge >= 0.3 is 5.97 Å². The van der Waals surface area contributed by atoms with Gasteiger partial charge in [-0.2, -0.15) is 0 Å². The quantitative estimate of drug-likeness (QED) is 0.358. The maximum absolute atomic E-state index is 12.1. The van der Waals surface area contributed by atoms with Gasteiger partial charge < -0.3 is 37.9 Å². The Kier molecular flexibility index (Phi) is 6.42. The molecule has 0 fully saturated rings. The van der Waals surface area contributed by atoms with Crippen molar-refractivity contribution in [2.45, 2.75) is 12.5 Å². The number of carbonyl (C=O) groups is 1. The molecule has 5 heteroatoms. The summed E-state index contributed by atoms with van der Waals surface area (Å²) in [5.41, 5.74) is 2.13. The number of hydrogen-bond acceptors (Lipinski definition) is 3. The highest BCUT2D eigenvalue weighted by Crippen LogP contribution is 2.27. The van der Waals surface area contributed by atoms with Crippen molar-refractivity contribution in [3.8, 4) is 0 Å². The van der Waals surface area contributed by atoms with Crippen LogP contribution in [0.3, 0.4) is 0 Å². The van der Waals surface area contributed by atoms with E-state index in [0.29, 0.717) is 13.2 Å². The molecule has 0 N–H and O–H groups in total. The summed E-state index contributed by atoms with van der Waals surface area (Å²) in [5.74, 6) is -0.277. The van der Waals surface area contributed by atoms with Crippen LogP contribution in [0.1, 0.15) is 17.2 Å². The third-order valence-electron chi connectivity index (χ3n) is 3.21. The number of benzene rings is 1. The van der Waals surface area contributed by atoms with Crippen molar-refractivity contribution in [3.05, 3.63) is 35.4 Å². The van der Waals surface area contributed by atoms with E-state index in [1.165, 1.54) is 5.56 Å². The molecule has 4 nitrogen and oxygen atoms in total. The van der Waals surface area contributed by atoms with E-state index in [4.69, 9.17) is 9.47 Å². The molecular formula is C15H22INO3. The van der Waals surface area contributed by atoms with Crippen molar-refractivity contribution >= 4 is 5.97 Å². The second-order valence-electron chi connectivity index (χ2n) is 5.88. The van der Waals surface area contributed by atoms with Gasteiger partial charge in [-0.3, -0.25) is 0 Å². The number of esters is 1. The number of fused-ring (bicyclic) bond motifs is 1. The Morgan fingerprint density at radius 2 is 2.05 bits per heavy atom. The zero-order valence-corrected chi connectivity index (χ0v) is 14.4. The van der Waals surface area contributed by atoms with E-state index in [2.05, 4.69) is 21.1 Å². The van der Waals surface area contributed by atoms with Crippen LogP contribution in [0.25, 0.3) is 0 Å². The third kappa shape index (κ3) is 4.71. The number of halogens is 1. The highest BCUT2D eigenvalue weighted by Gasteiger charge is 2.28. The second-order valence-corrected chi connectivity index (χ2v) is 5.88. The average molecular weight is 391 g/mol. The first-order valence-corrected chi connectivity index (χ1v) is 6.64. The minimum Gasteiger partial charge on any atom is -1.00 e. The second kappa shape index (κ2) is 7.38. The largest absolute Gasteiger partial charge is 1.00 e. The van der Waals surface area contributed by atoms with Crippen molar-refractivity contribution < 1.29 is 42.7 Å². The molecule has 1 aromatic rings. The van der Waals surface area contributed by atoms with Gasteiger partial charge in [0, 0.05) is 0 Å². The van der Waals surface area contributed by atoms with Crippen molar-refractivity contribution in [3.63, 3.8) is 0 Å². The lowest BCUT2D eigenvalue weighted by atomic mass is 9.98. The van der Waals surface area contributed by atoms with Crippen LogP contribution in [-0.2, 0) is 20.7 Å². The molecule has 0 saturated carbocycles. The number of likely N-dealkylation sites (N-methyl/N-ethyl adjacent to an activating group) is 1. The molecule has 1 aliphatic rings. The highest BCUT2D eigenvalue weighted by molar-refractivity contribution is 5.77. The topological polar surface area (TPSA) is 35.5 Å². The van der Waals surface area contributed by atoms with Gasteiger partial charge in [0.15, 0.2) is 6.10 Å². The summed E-state index contributed by atoms with van der Waals surface area (Å²) in [7, 11) is 6.21. The standard InChI is InChI=1S/C15H22NO3.HI/c1-16(2,3)9-11-19-15(17)14-13-7-5-4-6-12(13)8-10-18-14;/h4-7,14H,8-11H2,1-3H3;1H/q+1;/p-1. The molecule has 1 aromatic carbocycles. The van der Waals surface area contributed by atoms with Crippen LogP contribution in [0.2, 0.25) is 0 Å². The van der Waals surface area contributed by atoms with Gasteiger partial charge in [-0.05, 0) is 17.5 Å². The first-order chi connectivity index (χ1) is 8.97. The van der Waals surface area contributed by atoms with Crippen molar-refractivity contribution in [1.29, 1.82) is 0 Å². The Morgan fingerprint density at radius 1 is 1.35 bits per heavy atom. The fourth-order valence-electron chi connectivity index (χ4n) is 2.08. The molecule has 2 rings (SSSR count). The first kappa shape index (κ1) is 17.4. The molecule has 0 saturated heterocycles. The summed E-state index contributed by atoms with van der Waals surface area (Å²) < 4.78 is 11.7. The summed E-state index contributed by atoms with van der Waals surface area (Å²) in [6.07, 6.45) is 0.302. The van der Waals surface area contributed by atoms with Gasteiger partial charge in [0.1, 0.15) is 13.2 Å². The molecule has 0 aromatic heterocycles.